The first kappa shape index (κ1) is 39.5. The van der Waals surface area contributed by atoms with Crippen LogP contribution >= 0.6 is 0 Å². The van der Waals surface area contributed by atoms with Gasteiger partial charge in [-0.1, -0.05) is 57.7 Å². The third kappa shape index (κ3) is 7.80. The third-order valence-electron chi connectivity index (χ3n) is 11.0. The molecule has 51 heavy (non-hydrogen) atoms. The zero-order valence-electron chi connectivity index (χ0n) is 31.3. The highest BCUT2D eigenvalue weighted by molar-refractivity contribution is 6.03. The molecule has 12 nitrogen and oxygen atoms in total. The van der Waals surface area contributed by atoms with Crippen LogP contribution in [0.1, 0.15) is 86.3 Å². The number of carbonyl (C=O) groups is 6. The molecular weight excluding hydrogens is 658 g/mol. The molecule has 0 radical (unpaired) electrons. The second-order valence-corrected chi connectivity index (χ2v) is 15.0. The number of esters is 5. The van der Waals surface area contributed by atoms with Crippen molar-refractivity contribution in [1.82, 2.24) is 4.90 Å². The van der Waals surface area contributed by atoms with Gasteiger partial charge in [-0.15, -0.1) is 0 Å². The van der Waals surface area contributed by atoms with Gasteiger partial charge in [0.05, 0.1) is 11.8 Å². The minimum Gasteiger partial charge on any atom is -0.462 e. The van der Waals surface area contributed by atoms with Gasteiger partial charge in [-0.2, -0.15) is 0 Å². The largest absolute Gasteiger partial charge is 0.462 e. The summed E-state index contributed by atoms with van der Waals surface area (Å²) >= 11 is 0. The maximum absolute atomic E-state index is 15.0. The molecule has 4 rings (SSSR count). The van der Waals surface area contributed by atoms with E-state index >= 15 is 0 Å². The van der Waals surface area contributed by atoms with E-state index in [2.05, 4.69) is 6.58 Å². The van der Waals surface area contributed by atoms with Gasteiger partial charge in [0.25, 0.3) is 0 Å². The zero-order chi connectivity index (χ0) is 38.2. The van der Waals surface area contributed by atoms with Crippen LogP contribution < -0.4 is 0 Å². The lowest BCUT2D eigenvalue weighted by Crippen LogP contribution is -2.64. The van der Waals surface area contributed by atoms with E-state index in [9.17, 15) is 28.8 Å². The highest BCUT2D eigenvalue weighted by Crippen LogP contribution is 2.60. The van der Waals surface area contributed by atoms with E-state index in [0.717, 1.165) is 5.56 Å². The van der Waals surface area contributed by atoms with Gasteiger partial charge in [0.15, 0.2) is 12.2 Å². The molecular formula is C39H51NO11. The molecule has 2 saturated carbocycles. The molecule has 2 fully saturated rings. The molecule has 0 amide bonds. The Morgan fingerprint density at radius 2 is 1.41 bits per heavy atom. The molecule has 9 atom stereocenters. The molecule has 0 unspecified atom stereocenters. The monoisotopic (exact) mass is 709 g/mol. The third-order valence-corrected chi connectivity index (χ3v) is 11.0. The highest BCUT2D eigenvalue weighted by Gasteiger charge is 2.65. The SMILES string of the molecule is C=C1[C@@H](OC(=O)C[C@H](c2ccccc2)N(C)C)C[C@H](OC(C)=O)[C@]2(C)[C@@H]1C[C@@H]1[C@@H](OC(C)=O)[C@H](OC(C)=O)C(C)=C(C(=O)[C@@H]2OC(C)=O)C1(C)C. The van der Waals surface area contributed by atoms with Crippen LogP contribution in [0.3, 0.4) is 0 Å². The Balaban J connectivity index is 1.88. The summed E-state index contributed by atoms with van der Waals surface area (Å²) in [5.41, 5.74) is -0.428. The Hall–Kier alpha value is -4.32. The summed E-state index contributed by atoms with van der Waals surface area (Å²) in [5, 5.41) is 0. The van der Waals surface area contributed by atoms with E-state index in [0.29, 0.717) is 11.1 Å². The molecule has 3 aliphatic rings. The first-order chi connectivity index (χ1) is 23.7. The summed E-state index contributed by atoms with van der Waals surface area (Å²) in [6.07, 6.45) is -5.51. The molecule has 0 saturated heterocycles. The molecule has 0 spiro atoms. The Labute approximate surface area is 299 Å². The van der Waals surface area contributed by atoms with Gasteiger partial charge in [0, 0.05) is 51.6 Å². The topological polar surface area (TPSA) is 152 Å². The maximum Gasteiger partial charge on any atom is 0.308 e. The number of ketones is 1. The van der Waals surface area contributed by atoms with Crippen LogP contribution in [0.5, 0.6) is 0 Å². The van der Waals surface area contributed by atoms with Crippen molar-refractivity contribution < 1.29 is 52.5 Å². The number of benzene rings is 1. The summed E-state index contributed by atoms with van der Waals surface area (Å²) in [4.78, 5) is 81.0. The first-order valence-corrected chi connectivity index (χ1v) is 17.3. The average molecular weight is 710 g/mol. The van der Waals surface area contributed by atoms with E-state index < -0.39 is 88.8 Å². The molecule has 12 heteroatoms. The van der Waals surface area contributed by atoms with E-state index in [1.807, 2.05) is 63.2 Å². The smallest absolute Gasteiger partial charge is 0.308 e. The Bertz CT molecular complexity index is 1610. The fraction of sp³-hybridized carbons (Fsp3) is 0.590. The number of ether oxygens (including phenoxy) is 5. The van der Waals surface area contributed by atoms with Gasteiger partial charge in [-0.05, 0) is 55.5 Å². The summed E-state index contributed by atoms with van der Waals surface area (Å²) < 4.78 is 29.6. The van der Waals surface area contributed by atoms with Crippen LogP contribution in [-0.2, 0) is 52.5 Å². The van der Waals surface area contributed by atoms with E-state index in [4.69, 9.17) is 23.7 Å². The van der Waals surface area contributed by atoms with Crippen LogP contribution in [0.15, 0.2) is 53.6 Å². The molecule has 0 heterocycles. The van der Waals surface area contributed by atoms with Crippen molar-refractivity contribution in [2.45, 2.75) is 111 Å². The van der Waals surface area contributed by atoms with Gasteiger partial charge >= 0.3 is 29.8 Å². The summed E-state index contributed by atoms with van der Waals surface area (Å²) in [6, 6.07) is 9.24. The van der Waals surface area contributed by atoms with Crippen LogP contribution in [0.2, 0.25) is 0 Å². The fourth-order valence-corrected chi connectivity index (χ4v) is 8.67. The number of Topliss-reactive ketones (excluding diaryl/α,β-unsaturated/α-hetero) is 1. The van der Waals surface area contributed by atoms with Crippen molar-refractivity contribution in [3.63, 3.8) is 0 Å². The minimum atomic E-state index is -1.47. The Morgan fingerprint density at radius 1 is 0.843 bits per heavy atom. The second kappa shape index (κ2) is 15.1. The summed E-state index contributed by atoms with van der Waals surface area (Å²) in [5.74, 6) is -5.15. The number of hydrogen-bond acceptors (Lipinski definition) is 12. The quantitative estimate of drug-likeness (QED) is 0.196. The van der Waals surface area contributed by atoms with E-state index in [1.165, 1.54) is 27.7 Å². The van der Waals surface area contributed by atoms with E-state index in [-0.39, 0.29) is 30.9 Å². The predicted molar refractivity (Wildman–Crippen MR) is 185 cm³/mol. The molecule has 1 aromatic carbocycles. The van der Waals surface area contributed by atoms with Crippen LogP contribution in [0.4, 0.5) is 0 Å². The molecule has 0 aromatic heterocycles. The van der Waals surface area contributed by atoms with E-state index in [1.54, 1.807) is 13.8 Å². The van der Waals surface area contributed by atoms with Crippen molar-refractivity contribution in [3.8, 4) is 0 Å². The number of nitrogens with zero attached hydrogens (tertiary/aromatic N) is 1. The van der Waals surface area contributed by atoms with Crippen molar-refractivity contribution in [3.05, 3.63) is 59.2 Å². The van der Waals surface area contributed by atoms with Crippen molar-refractivity contribution in [2.75, 3.05) is 14.1 Å². The number of rotatable bonds is 9. The number of carbonyl (C=O) groups excluding carboxylic acids is 6. The van der Waals surface area contributed by atoms with Gasteiger partial charge in [-0.25, -0.2) is 0 Å². The van der Waals surface area contributed by atoms with Gasteiger partial charge in [0.2, 0.25) is 5.78 Å². The summed E-state index contributed by atoms with van der Waals surface area (Å²) in [6.45, 7) is 16.3. The van der Waals surface area contributed by atoms with Crippen molar-refractivity contribution >= 4 is 35.6 Å². The first-order valence-electron chi connectivity index (χ1n) is 17.3. The lowest BCUT2D eigenvalue weighted by Gasteiger charge is -2.58. The second-order valence-electron chi connectivity index (χ2n) is 15.0. The average Bonchev–Trinajstić information content (AvgIpc) is 3.01. The Kier molecular flexibility index (Phi) is 11.7. The fourth-order valence-electron chi connectivity index (χ4n) is 8.67. The lowest BCUT2D eigenvalue weighted by molar-refractivity contribution is -0.200. The lowest BCUT2D eigenvalue weighted by atomic mass is 9.49. The Morgan fingerprint density at radius 3 is 1.94 bits per heavy atom. The molecule has 0 N–H and O–H groups in total. The van der Waals surface area contributed by atoms with Crippen molar-refractivity contribution in [2.24, 2.45) is 22.7 Å². The molecule has 278 valence electrons. The predicted octanol–water partition coefficient (Wildman–Crippen LogP) is 4.85. The minimum absolute atomic E-state index is 0.0111. The number of fused-ring (bicyclic) bond motifs is 3. The summed E-state index contributed by atoms with van der Waals surface area (Å²) in [7, 11) is 3.73. The molecule has 2 bridgehead atoms. The number of hydrogen-bond donors (Lipinski definition) is 0. The van der Waals surface area contributed by atoms with Crippen molar-refractivity contribution in [1.29, 1.82) is 0 Å². The standard InChI is InChI=1S/C39H51NO11/c1-20-27-17-28-36(49-24(5)43)35(48-23(4)42)21(2)33(38(28,7)8)34(46)37(50-25(6)44)39(27,9)31(47-22(3)41)19-30(20)51-32(45)18-29(40(10)11)26-15-13-12-14-16-26/h12-16,27-31,35-37H,1,17-19H2,2-11H3/t27-,28-,29-,30+,31+,35-,36-,37+,39+/m1/s1. The van der Waals surface area contributed by atoms with Crippen LogP contribution in [-0.4, -0.2) is 85.1 Å². The van der Waals surface area contributed by atoms with Gasteiger partial charge in [0.1, 0.15) is 18.3 Å². The van der Waals surface area contributed by atoms with Gasteiger partial charge < -0.3 is 28.6 Å². The van der Waals surface area contributed by atoms with Gasteiger partial charge in [-0.3, -0.25) is 28.8 Å². The van der Waals surface area contributed by atoms with Crippen LogP contribution in [0.25, 0.3) is 0 Å². The van der Waals surface area contributed by atoms with Crippen LogP contribution in [0, 0.1) is 22.7 Å². The highest BCUT2D eigenvalue weighted by atomic mass is 16.6. The molecule has 3 aliphatic carbocycles. The molecule has 0 aliphatic heterocycles. The maximum atomic E-state index is 15.0. The zero-order valence-corrected chi connectivity index (χ0v) is 31.3. The normalized spacial score (nSPS) is 30.6. The molecule has 1 aromatic rings.